The first-order valence-corrected chi connectivity index (χ1v) is 8.74. The molecule has 2 aromatic rings. The van der Waals surface area contributed by atoms with E-state index in [0.717, 1.165) is 24.0 Å². The molecular formula is C20H19FN4O. The Morgan fingerprint density at radius 1 is 1.35 bits per heavy atom. The normalized spacial score (nSPS) is 23.7. The number of anilines is 1. The molecule has 2 bridgehead atoms. The minimum Gasteiger partial charge on any atom is -0.321 e. The van der Waals surface area contributed by atoms with Crippen LogP contribution in [-0.4, -0.2) is 28.5 Å². The van der Waals surface area contributed by atoms with Crippen molar-refractivity contribution >= 4 is 11.7 Å². The number of likely N-dealkylation sites (tertiary alicyclic amines) is 1. The summed E-state index contributed by atoms with van der Waals surface area (Å²) in [5.74, 6) is -0.0188. The van der Waals surface area contributed by atoms with Crippen LogP contribution >= 0.6 is 0 Å². The van der Waals surface area contributed by atoms with Gasteiger partial charge in [-0.3, -0.25) is 4.98 Å². The number of halogens is 1. The third-order valence-electron chi connectivity index (χ3n) is 5.47. The van der Waals surface area contributed by atoms with Gasteiger partial charge in [0.25, 0.3) is 0 Å². The molecule has 2 aliphatic rings. The molecule has 1 aromatic heterocycles. The maximum absolute atomic E-state index is 13.5. The number of fused-ring (bicyclic) bond motifs is 2. The van der Waals surface area contributed by atoms with E-state index in [0.29, 0.717) is 23.7 Å². The van der Waals surface area contributed by atoms with E-state index in [9.17, 15) is 9.18 Å². The highest BCUT2D eigenvalue weighted by molar-refractivity contribution is 5.91. The zero-order valence-corrected chi connectivity index (χ0v) is 14.4. The maximum Gasteiger partial charge on any atom is 0.322 e. The number of nitrogens with one attached hydrogen (secondary N) is 1. The number of amides is 2. The molecule has 6 heteroatoms. The Labute approximate surface area is 151 Å². The second kappa shape index (κ2) is 6.41. The van der Waals surface area contributed by atoms with Crippen molar-refractivity contribution in [1.29, 1.82) is 5.26 Å². The molecule has 3 atom stereocenters. The molecule has 132 valence electrons. The minimum atomic E-state index is -0.392. The lowest BCUT2D eigenvalue weighted by Gasteiger charge is -2.29. The van der Waals surface area contributed by atoms with Gasteiger partial charge < -0.3 is 10.2 Å². The van der Waals surface area contributed by atoms with Gasteiger partial charge in [0, 0.05) is 30.0 Å². The van der Waals surface area contributed by atoms with Crippen molar-refractivity contribution in [3.63, 3.8) is 0 Å². The fraction of sp³-hybridized carbons (Fsp3) is 0.350. The van der Waals surface area contributed by atoms with Gasteiger partial charge in [-0.25, -0.2) is 9.18 Å². The Hall–Kier alpha value is -2.94. The molecule has 2 heterocycles. The maximum atomic E-state index is 13.5. The van der Waals surface area contributed by atoms with Crippen LogP contribution in [0.4, 0.5) is 14.9 Å². The Kier molecular flexibility index (Phi) is 4.08. The lowest BCUT2D eigenvalue weighted by Crippen LogP contribution is -2.42. The predicted molar refractivity (Wildman–Crippen MR) is 95.7 cm³/mol. The number of rotatable bonds is 2. The van der Waals surface area contributed by atoms with Crippen LogP contribution in [0.3, 0.4) is 0 Å². The van der Waals surface area contributed by atoms with Gasteiger partial charge in [0.15, 0.2) is 0 Å². The van der Waals surface area contributed by atoms with Crippen molar-refractivity contribution < 1.29 is 9.18 Å². The van der Waals surface area contributed by atoms with Gasteiger partial charge in [-0.15, -0.1) is 0 Å². The molecule has 1 unspecified atom stereocenters. The highest BCUT2D eigenvalue weighted by atomic mass is 19.1. The molecule has 1 saturated carbocycles. The number of aryl methyl sites for hydroxylation is 1. The second-order valence-electron chi connectivity index (χ2n) is 7.12. The number of hydrogen-bond acceptors (Lipinski definition) is 3. The molecule has 2 amide bonds. The topological polar surface area (TPSA) is 69.0 Å². The van der Waals surface area contributed by atoms with E-state index in [2.05, 4.69) is 16.4 Å². The lowest BCUT2D eigenvalue weighted by atomic mass is 9.96. The number of nitrogens with zero attached hydrogens (tertiary/aromatic N) is 3. The van der Waals surface area contributed by atoms with Crippen LogP contribution in [0.5, 0.6) is 0 Å². The second-order valence-corrected chi connectivity index (χ2v) is 7.12. The van der Waals surface area contributed by atoms with E-state index in [1.165, 1.54) is 12.3 Å². The summed E-state index contributed by atoms with van der Waals surface area (Å²) in [6, 6.07) is 9.38. The molecule has 26 heavy (non-hydrogen) atoms. The summed E-state index contributed by atoms with van der Waals surface area (Å²) in [6.07, 6.45) is 4.46. The van der Waals surface area contributed by atoms with Crippen LogP contribution in [0, 0.1) is 35.9 Å². The molecule has 5 nitrogen and oxygen atoms in total. The molecule has 1 saturated heterocycles. The molecule has 1 aromatic carbocycles. The standard InChI is InChI=1S/C20H19FN4O/c1-12-2-3-17(7-19(12)14-4-16(21)10-23-9-14)24-20(26)25-11-15-6-18(25)5-13(15)8-22/h2-4,7,9-10,13,15,18H,5-6,11H2,1H3,(H,24,26)/t13-,15?,18+/m0/s1. The number of carbonyl (C=O) groups excluding carboxylic acids is 1. The predicted octanol–water partition coefficient (Wildman–Crippen LogP) is 3.96. The van der Waals surface area contributed by atoms with Gasteiger partial charge in [-0.05, 0) is 55.0 Å². The number of benzene rings is 1. The molecule has 0 spiro atoms. The van der Waals surface area contributed by atoms with Crippen molar-refractivity contribution in [2.24, 2.45) is 11.8 Å². The van der Waals surface area contributed by atoms with Gasteiger partial charge in [0.05, 0.1) is 18.2 Å². The molecule has 1 aliphatic carbocycles. The summed E-state index contributed by atoms with van der Waals surface area (Å²) in [5, 5.41) is 12.1. The molecule has 1 aliphatic heterocycles. The van der Waals surface area contributed by atoms with E-state index in [4.69, 9.17) is 5.26 Å². The molecule has 4 rings (SSSR count). The summed E-state index contributed by atoms with van der Waals surface area (Å²) < 4.78 is 13.5. The summed E-state index contributed by atoms with van der Waals surface area (Å²) in [6.45, 7) is 2.58. The number of piperidine rings is 1. The van der Waals surface area contributed by atoms with Gasteiger partial charge in [0.2, 0.25) is 0 Å². The van der Waals surface area contributed by atoms with Crippen LogP contribution in [0.1, 0.15) is 18.4 Å². The largest absolute Gasteiger partial charge is 0.322 e. The Bertz CT molecular complexity index is 907. The van der Waals surface area contributed by atoms with Crippen LogP contribution in [0.25, 0.3) is 11.1 Å². The van der Waals surface area contributed by atoms with Gasteiger partial charge in [0.1, 0.15) is 5.82 Å². The van der Waals surface area contributed by atoms with E-state index >= 15 is 0 Å². The van der Waals surface area contributed by atoms with Gasteiger partial charge in [-0.1, -0.05) is 6.07 Å². The van der Waals surface area contributed by atoms with E-state index in [1.807, 2.05) is 30.0 Å². The first kappa shape index (κ1) is 16.5. The van der Waals surface area contributed by atoms with Gasteiger partial charge >= 0.3 is 6.03 Å². The monoisotopic (exact) mass is 350 g/mol. The zero-order valence-electron chi connectivity index (χ0n) is 14.4. The Balaban J connectivity index is 1.52. The van der Waals surface area contributed by atoms with Crippen molar-refractivity contribution in [3.05, 3.63) is 48.0 Å². The average molecular weight is 350 g/mol. The number of carbonyl (C=O) groups is 1. The van der Waals surface area contributed by atoms with Crippen molar-refractivity contribution in [1.82, 2.24) is 9.88 Å². The number of aromatic nitrogens is 1. The smallest absolute Gasteiger partial charge is 0.321 e. The van der Waals surface area contributed by atoms with E-state index in [1.54, 1.807) is 6.20 Å². The zero-order chi connectivity index (χ0) is 18.3. The Morgan fingerprint density at radius 3 is 2.88 bits per heavy atom. The SMILES string of the molecule is Cc1ccc(NC(=O)N2CC3C[C@H]2C[C@H]3C#N)cc1-c1cncc(F)c1. The van der Waals surface area contributed by atoms with Crippen molar-refractivity contribution in [2.75, 3.05) is 11.9 Å². The van der Waals surface area contributed by atoms with Crippen molar-refractivity contribution in [3.8, 4) is 17.2 Å². The molecule has 2 fully saturated rings. The fourth-order valence-corrected chi connectivity index (χ4v) is 4.13. The van der Waals surface area contributed by atoms with E-state index in [-0.39, 0.29) is 18.0 Å². The Morgan fingerprint density at radius 2 is 2.19 bits per heavy atom. The molecule has 0 radical (unpaired) electrons. The quantitative estimate of drug-likeness (QED) is 0.891. The number of nitriles is 1. The molecule has 1 N–H and O–H groups in total. The number of urea groups is 1. The van der Waals surface area contributed by atoms with Gasteiger partial charge in [-0.2, -0.15) is 5.26 Å². The highest BCUT2D eigenvalue weighted by Crippen LogP contribution is 2.42. The number of hydrogen-bond donors (Lipinski definition) is 1. The summed E-state index contributed by atoms with van der Waals surface area (Å²) in [5.41, 5.74) is 3.16. The first-order chi connectivity index (χ1) is 12.5. The van der Waals surface area contributed by atoms with Crippen LogP contribution in [0.15, 0.2) is 36.7 Å². The van der Waals surface area contributed by atoms with E-state index < -0.39 is 5.82 Å². The van der Waals surface area contributed by atoms with Crippen LogP contribution < -0.4 is 5.32 Å². The average Bonchev–Trinajstić information content (AvgIpc) is 3.23. The third kappa shape index (κ3) is 2.90. The first-order valence-electron chi connectivity index (χ1n) is 8.74. The van der Waals surface area contributed by atoms with Crippen molar-refractivity contribution in [2.45, 2.75) is 25.8 Å². The third-order valence-corrected chi connectivity index (χ3v) is 5.47. The summed E-state index contributed by atoms with van der Waals surface area (Å²) in [7, 11) is 0. The fourth-order valence-electron chi connectivity index (χ4n) is 4.13. The van der Waals surface area contributed by atoms with Crippen LogP contribution in [-0.2, 0) is 0 Å². The summed E-state index contributed by atoms with van der Waals surface area (Å²) >= 11 is 0. The summed E-state index contributed by atoms with van der Waals surface area (Å²) in [4.78, 5) is 18.4. The minimum absolute atomic E-state index is 0.0792. The highest BCUT2D eigenvalue weighted by Gasteiger charge is 2.46. The molecular weight excluding hydrogens is 331 g/mol. The number of pyridine rings is 1. The van der Waals surface area contributed by atoms with Crippen LogP contribution in [0.2, 0.25) is 0 Å². The lowest BCUT2D eigenvalue weighted by molar-refractivity contribution is 0.187.